The molecule has 4 rings (SSSR count). The van der Waals surface area contributed by atoms with Crippen molar-refractivity contribution in [3.8, 4) is 11.5 Å². The molecule has 24 heavy (non-hydrogen) atoms. The Hall–Kier alpha value is -1.14. The third kappa shape index (κ3) is 2.94. The van der Waals surface area contributed by atoms with Crippen molar-refractivity contribution in [3.05, 3.63) is 34.1 Å². The van der Waals surface area contributed by atoms with Crippen LogP contribution in [0.2, 0.25) is 10.0 Å². The van der Waals surface area contributed by atoms with Crippen LogP contribution in [0.4, 0.5) is 0 Å². The molecule has 2 atom stereocenters. The van der Waals surface area contributed by atoms with Gasteiger partial charge in [-0.2, -0.15) is 0 Å². The summed E-state index contributed by atoms with van der Waals surface area (Å²) >= 11 is 12.0. The van der Waals surface area contributed by atoms with E-state index in [9.17, 15) is 0 Å². The molecule has 0 radical (unpaired) electrons. The Labute approximate surface area is 150 Å². The summed E-state index contributed by atoms with van der Waals surface area (Å²) in [5, 5.41) is 9.39. The van der Waals surface area contributed by atoms with E-state index in [1.54, 1.807) is 12.1 Å². The quantitative estimate of drug-likeness (QED) is 0.812. The van der Waals surface area contributed by atoms with Gasteiger partial charge in [-0.1, -0.05) is 23.2 Å². The molecule has 0 N–H and O–H groups in total. The van der Waals surface area contributed by atoms with Gasteiger partial charge in [-0.25, -0.2) is 0 Å². The maximum atomic E-state index is 6.06. The highest BCUT2D eigenvalue weighted by atomic mass is 35.5. The minimum absolute atomic E-state index is 0.0917. The summed E-state index contributed by atoms with van der Waals surface area (Å²) in [6.45, 7) is 5.92. The van der Waals surface area contributed by atoms with E-state index in [4.69, 9.17) is 32.4 Å². The summed E-state index contributed by atoms with van der Waals surface area (Å²) in [5.74, 6) is 1.10. The van der Waals surface area contributed by atoms with Gasteiger partial charge in [-0.3, -0.25) is 4.90 Å². The molecule has 1 spiro atoms. The summed E-state index contributed by atoms with van der Waals surface area (Å²) in [4.78, 5) is 2.40. The molecule has 0 aliphatic carbocycles. The second-order valence-electron chi connectivity index (χ2n) is 6.77. The van der Waals surface area contributed by atoms with Crippen molar-refractivity contribution in [1.82, 2.24) is 15.1 Å². The standard InChI is InChI=1S/C17H19Cl2N3O2/c1-11(22-6-4-17(9-22)5-7-23-10-17)15-20-21-16(24-15)12-2-3-13(18)14(19)8-12/h2-3,8,11H,4-7,9-10H2,1H3. The number of likely N-dealkylation sites (tertiary alicyclic amines) is 1. The predicted octanol–water partition coefficient (Wildman–Crippen LogP) is 4.22. The smallest absolute Gasteiger partial charge is 0.247 e. The third-order valence-electron chi connectivity index (χ3n) is 5.17. The average molecular weight is 368 g/mol. The van der Waals surface area contributed by atoms with E-state index in [1.165, 1.54) is 6.42 Å². The molecule has 0 bridgehead atoms. The van der Waals surface area contributed by atoms with Crippen molar-refractivity contribution in [2.24, 2.45) is 5.41 Å². The fourth-order valence-corrected chi connectivity index (χ4v) is 3.88. The number of rotatable bonds is 3. The zero-order chi connectivity index (χ0) is 16.7. The van der Waals surface area contributed by atoms with Crippen LogP contribution in [0, 0.1) is 5.41 Å². The normalized spacial score (nSPS) is 25.6. The predicted molar refractivity (Wildman–Crippen MR) is 92.2 cm³/mol. The van der Waals surface area contributed by atoms with Crippen LogP contribution in [0.25, 0.3) is 11.5 Å². The molecule has 2 aliphatic heterocycles. The van der Waals surface area contributed by atoms with Gasteiger partial charge in [0, 0.05) is 24.1 Å². The van der Waals surface area contributed by atoms with Gasteiger partial charge in [-0.05, 0) is 44.5 Å². The highest BCUT2D eigenvalue weighted by Crippen LogP contribution is 2.41. The fourth-order valence-electron chi connectivity index (χ4n) is 3.58. The second-order valence-corrected chi connectivity index (χ2v) is 7.59. The van der Waals surface area contributed by atoms with Crippen LogP contribution in [0.3, 0.4) is 0 Å². The first kappa shape index (κ1) is 16.3. The number of halogens is 2. The van der Waals surface area contributed by atoms with Gasteiger partial charge in [0.25, 0.3) is 0 Å². The van der Waals surface area contributed by atoms with E-state index < -0.39 is 0 Å². The van der Waals surface area contributed by atoms with Crippen LogP contribution in [0.1, 0.15) is 31.7 Å². The van der Waals surface area contributed by atoms with Crippen LogP contribution < -0.4 is 0 Å². The minimum atomic E-state index is 0.0917. The number of hydrogen-bond acceptors (Lipinski definition) is 5. The monoisotopic (exact) mass is 367 g/mol. The number of ether oxygens (including phenoxy) is 1. The lowest BCUT2D eigenvalue weighted by molar-refractivity contribution is 0.142. The van der Waals surface area contributed by atoms with Gasteiger partial charge in [0.15, 0.2) is 0 Å². The first-order valence-corrected chi connectivity index (χ1v) is 8.93. The van der Waals surface area contributed by atoms with Crippen molar-refractivity contribution < 1.29 is 9.15 Å². The molecule has 128 valence electrons. The topological polar surface area (TPSA) is 51.4 Å². The summed E-state index contributed by atoms with van der Waals surface area (Å²) in [6.07, 6.45) is 2.32. The Morgan fingerprint density at radius 2 is 2.08 bits per heavy atom. The van der Waals surface area contributed by atoms with Crippen molar-refractivity contribution >= 4 is 23.2 Å². The van der Waals surface area contributed by atoms with Gasteiger partial charge < -0.3 is 9.15 Å². The first-order chi connectivity index (χ1) is 11.6. The van der Waals surface area contributed by atoms with Gasteiger partial charge in [0.05, 0.1) is 22.7 Å². The highest BCUT2D eigenvalue weighted by molar-refractivity contribution is 6.42. The Morgan fingerprint density at radius 1 is 1.21 bits per heavy atom. The molecule has 1 aromatic carbocycles. The lowest BCUT2D eigenvalue weighted by Crippen LogP contribution is -2.29. The largest absolute Gasteiger partial charge is 0.419 e. The SMILES string of the molecule is CC(c1nnc(-c2ccc(Cl)c(Cl)c2)o1)N1CCC2(CCOC2)C1. The molecule has 2 unspecified atom stereocenters. The van der Waals surface area contributed by atoms with Crippen molar-refractivity contribution in [3.63, 3.8) is 0 Å². The molecule has 0 saturated carbocycles. The number of aromatic nitrogens is 2. The molecule has 0 amide bonds. The molecular weight excluding hydrogens is 349 g/mol. The van der Waals surface area contributed by atoms with E-state index in [1.807, 2.05) is 6.07 Å². The molecule has 7 heteroatoms. The van der Waals surface area contributed by atoms with Crippen LogP contribution in [0.5, 0.6) is 0 Å². The van der Waals surface area contributed by atoms with Crippen molar-refractivity contribution in [2.45, 2.75) is 25.8 Å². The van der Waals surface area contributed by atoms with Crippen molar-refractivity contribution in [2.75, 3.05) is 26.3 Å². The Balaban J connectivity index is 1.51. The van der Waals surface area contributed by atoms with Gasteiger partial charge >= 0.3 is 0 Å². The zero-order valence-corrected chi connectivity index (χ0v) is 15.0. The van der Waals surface area contributed by atoms with Gasteiger partial charge in [0.1, 0.15) is 0 Å². The van der Waals surface area contributed by atoms with Crippen LogP contribution >= 0.6 is 23.2 Å². The van der Waals surface area contributed by atoms with E-state index >= 15 is 0 Å². The number of hydrogen-bond donors (Lipinski definition) is 0. The summed E-state index contributed by atoms with van der Waals surface area (Å²) < 4.78 is 11.5. The van der Waals surface area contributed by atoms with E-state index in [0.717, 1.165) is 38.3 Å². The van der Waals surface area contributed by atoms with Crippen LogP contribution in [-0.4, -0.2) is 41.4 Å². The molecule has 2 aliphatic rings. The zero-order valence-electron chi connectivity index (χ0n) is 13.5. The van der Waals surface area contributed by atoms with E-state index in [2.05, 4.69) is 22.0 Å². The summed E-state index contributed by atoms with van der Waals surface area (Å²) in [6, 6.07) is 5.40. The maximum Gasteiger partial charge on any atom is 0.247 e. The lowest BCUT2D eigenvalue weighted by Gasteiger charge is -2.24. The molecule has 5 nitrogen and oxygen atoms in total. The van der Waals surface area contributed by atoms with E-state index in [-0.39, 0.29) is 6.04 Å². The molecule has 1 aromatic heterocycles. The summed E-state index contributed by atoms with van der Waals surface area (Å²) in [5.41, 5.74) is 1.10. The second kappa shape index (κ2) is 6.30. The fraction of sp³-hybridized carbons (Fsp3) is 0.529. The molecule has 3 heterocycles. The molecule has 2 fully saturated rings. The molecule has 2 aromatic rings. The Bertz CT molecular complexity index is 743. The van der Waals surface area contributed by atoms with Gasteiger partial charge in [-0.15, -0.1) is 10.2 Å². The van der Waals surface area contributed by atoms with Crippen LogP contribution in [0.15, 0.2) is 22.6 Å². The number of nitrogens with zero attached hydrogens (tertiary/aromatic N) is 3. The Kier molecular flexibility index (Phi) is 4.29. The van der Waals surface area contributed by atoms with Crippen LogP contribution in [-0.2, 0) is 4.74 Å². The lowest BCUT2D eigenvalue weighted by atomic mass is 9.87. The first-order valence-electron chi connectivity index (χ1n) is 8.17. The third-order valence-corrected chi connectivity index (χ3v) is 5.90. The molecule has 2 saturated heterocycles. The van der Waals surface area contributed by atoms with Gasteiger partial charge in [0.2, 0.25) is 11.8 Å². The number of benzene rings is 1. The average Bonchev–Trinajstić information content (AvgIpc) is 3.32. The Morgan fingerprint density at radius 3 is 2.83 bits per heavy atom. The minimum Gasteiger partial charge on any atom is -0.419 e. The molecular formula is C17H19Cl2N3O2. The maximum absolute atomic E-state index is 6.06. The highest BCUT2D eigenvalue weighted by Gasteiger charge is 2.43. The van der Waals surface area contributed by atoms with E-state index in [0.29, 0.717) is 27.2 Å². The van der Waals surface area contributed by atoms with Crippen molar-refractivity contribution in [1.29, 1.82) is 0 Å². The summed E-state index contributed by atoms with van der Waals surface area (Å²) in [7, 11) is 0.